The summed E-state index contributed by atoms with van der Waals surface area (Å²) in [5.41, 5.74) is 0.707. The van der Waals surface area contributed by atoms with E-state index in [1.165, 1.54) is 0 Å². The summed E-state index contributed by atoms with van der Waals surface area (Å²) >= 11 is 3.38. The van der Waals surface area contributed by atoms with Gasteiger partial charge in [-0.25, -0.2) is 0 Å². The summed E-state index contributed by atoms with van der Waals surface area (Å²) in [6.07, 6.45) is 0. The summed E-state index contributed by atoms with van der Waals surface area (Å²) in [6.45, 7) is 6.60. The van der Waals surface area contributed by atoms with Crippen molar-refractivity contribution < 1.29 is 4.92 Å². The molecule has 0 aliphatic carbocycles. The number of piperazine rings is 1. The van der Waals surface area contributed by atoms with Crippen molar-refractivity contribution in [3.05, 3.63) is 32.8 Å². The third-order valence-electron chi connectivity index (χ3n) is 3.23. The first kappa shape index (κ1) is 13.3. The smallest absolute Gasteiger partial charge is 0.292 e. The maximum absolute atomic E-state index is 11.1. The molecule has 1 aliphatic heterocycles. The van der Waals surface area contributed by atoms with Gasteiger partial charge in [-0.05, 0) is 26.0 Å². The molecule has 0 bridgehead atoms. The molecule has 1 aromatic carbocycles. The lowest BCUT2D eigenvalue weighted by Crippen LogP contribution is -2.58. The van der Waals surface area contributed by atoms with E-state index in [0.717, 1.165) is 24.1 Å². The molecule has 1 heterocycles. The third kappa shape index (κ3) is 2.49. The van der Waals surface area contributed by atoms with Gasteiger partial charge in [0.1, 0.15) is 5.69 Å². The van der Waals surface area contributed by atoms with Crippen LogP contribution in [0.2, 0.25) is 0 Å². The molecule has 6 heteroatoms. The molecule has 1 fully saturated rings. The summed E-state index contributed by atoms with van der Waals surface area (Å²) in [6, 6.07) is 5.08. The van der Waals surface area contributed by atoms with E-state index in [-0.39, 0.29) is 16.1 Å². The van der Waals surface area contributed by atoms with E-state index >= 15 is 0 Å². The van der Waals surface area contributed by atoms with Crippen molar-refractivity contribution in [3.63, 3.8) is 0 Å². The Morgan fingerprint density at radius 1 is 1.50 bits per heavy atom. The molecule has 0 aromatic heterocycles. The van der Waals surface area contributed by atoms with Crippen molar-refractivity contribution in [1.82, 2.24) is 5.32 Å². The number of nitrogens with one attached hydrogen (secondary N) is 1. The van der Waals surface area contributed by atoms with Gasteiger partial charge in [0.05, 0.1) is 4.92 Å². The second-order valence-corrected chi connectivity index (χ2v) is 5.95. The molecular formula is C12H16BrN3O2. The van der Waals surface area contributed by atoms with Gasteiger partial charge in [0.2, 0.25) is 0 Å². The van der Waals surface area contributed by atoms with Crippen molar-refractivity contribution in [2.24, 2.45) is 0 Å². The molecule has 2 rings (SSSR count). The summed E-state index contributed by atoms with van der Waals surface area (Å²) in [7, 11) is 0. The van der Waals surface area contributed by atoms with Crippen LogP contribution >= 0.6 is 15.9 Å². The lowest BCUT2D eigenvalue weighted by Gasteiger charge is -2.44. The summed E-state index contributed by atoms with van der Waals surface area (Å²) in [5.74, 6) is 0. The number of rotatable bonds is 2. The number of halogens is 1. The fraction of sp³-hybridized carbons (Fsp3) is 0.500. The van der Waals surface area contributed by atoms with Gasteiger partial charge in [0, 0.05) is 35.7 Å². The summed E-state index contributed by atoms with van der Waals surface area (Å²) in [5, 5.41) is 14.4. The predicted molar refractivity (Wildman–Crippen MR) is 75.1 cm³/mol. The van der Waals surface area contributed by atoms with Crippen molar-refractivity contribution in [1.29, 1.82) is 0 Å². The van der Waals surface area contributed by atoms with Crippen LogP contribution < -0.4 is 10.2 Å². The Morgan fingerprint density at radius 2 is 2.22 bits per heavy atom. The predicted octanol–water partition coefficient (Wildman–Crippen LogP) is 2.55. The molecule has 0 saturated carbocycles. The topological polar surface area (TPSA) is 58.4 Å². The van der Waals surface area contributed by atoms with Crippen LogP contribution in [-0.2, 0) is 0 Å². The highest BCUT2D eigenvalue weighted by molar-refractivity contribution is 9.10. The maximum Gasteiger partial charge on any atom is 0.292 e. The van der Waals surface area contributed by atoms with Crippen molar-refractivity contribution in [2.45, 2.75) is 19.4 Å². The van der Waals surface area contributed by atoms with Gasteiger partial charge in [0.15, 0.2) is 0 Å². The van der Waals surface area contributed by atoms with Crippen LogP contribution in [0.4, 0.5) is 11.4 Å². The fourth-order valence-corrected chi connectivity index (χ4v) is 2.65. The fourth-order valence-electron chi connectivity index (χ4n) is 2.30. The monoisotopic (exact) mass is 313 g/mol. The lowest BCUT2D eigenvalue weighted by molar-refractivity contribution is -0.384. The number of hydrogen-bond donors (Lipinski definition) is 1. The van der Waals surface area contributed by atoms with Crippen LogP contribution in [0.25, 0.3) is 0 Å². The molecule has 1 aliphatic rings. The largest absolute Gasteiger partial charge is 0.358 e. The number of nitro groups is 1. The molecule has 18 heavy (non-hydrogen) atoms. The summed E-state index contributed by atoms with van der Waals surface area (Å²) in [4.78, 5) is 12.9. The molecule has 0 radical (unpaired) electrons. The van der Waals surface area contributed by atoms with Gasteiger partial charge < -0.3 is 10.2 Å². The zero-order valence-electron chi connectivity index (χ0n) is 10.4. The molecule has 98 valence electrons. The van der Waals surface area contributed by atoms with E-state index in [1.54, 1.807) is 12.1 Å². The minimum Gasteiger partial charge on any atom is -0.358 e. The van der Waals surface area contributed by atoms with Gasteiger partial charge in [-0.1, -0.05) is 15.9 Å². The zero-order chi connectivity index (χ0) is 13.3. The highest BCUT2D eigenvalue weighted by Crippen LogP contribution is 2.35. The van der Waals surface area contributed by atoms with Crippen LogP contribution in [0.1, 0.15) is 13.8 Å². The van der Waals surface area contributed by atoms with Crippen LogP contribution in [-0.4, -0.2) is 30.1 Å². The van der Waals surface area contributed by atoms with E-state index in [1.807, 2.05) is 6.07 Å². The molecular weight excluding hydrogens is 298 g/mol. The van der Waals surface area contributed by atoms with Gasteiger partial charge in [-0.3, -0.25) is 10.1 Å². The highest BCUT2D eigenvalue weighted by Gasteiger charge is 2.33. The molecule has 1 aromatic rings. The molecule has 1 saturated heterocycles. The maximum atomic E-state index is 11.1. The van der Waals surface area contributed by atoms with Gasteiger partial charge >= 0.3 is 0 Å². The summed E-state index contributed by atoms with van der Waals surface area (Å²) < 4.78 is 0.859. The van der Waals surface area contributed by atoms with Crippen LogP contribution in [0.3, 0.4) is 0 Å². The van der Waals surface area contributed by atoms with E-state index < -0.39 is 0 Å². The normalized spacial score (nSPS) is 18.7. The molecule has 1 N–H and O–H groups in total. The average Bonchev–Trinajstić information content (AvgIpc) is 2.27. The Bertz CT molecular complexity index is 476. The standard InChI is InChI=1S/C12H16BrN3O2/c1-12(2)8-14-5-6-15(12)11-7-9(13)3-4-10(11)16(17)18/h3-4,7,14H,5-6,8H2,1-2H3. The lowest BCUT2D eigenvalue weighted by atomic mass is 9.98. The second-order valence-electron chi connectivity index (χ2n) is 5.03. The first-order valence-corrected chi connectivity index (χ1v) is 6.63. The Labute approximate surface area is 114 Å². The Morgan fingerprint density at radius 3 is 2.83 bits per heavy atom. The van der Waals surface area contributed by atoms with Crippen LogP contribution in [0.15, 0.2) is 22.7 Å². The van der Waals surface area contributed by atoms with E-state index in [4.69, 9.17) is 0 Å². The second kappa shape index (κ2) is 4.85. The van der Waals surface area contributed by atoms with Crippen molar-refractivity contribution in [3.8, 4) is 0 Å². The molecule has 0 amide bonds. The number of anilines is 1. The minimum atomic E-state index is -0.320. The molecule has 5 nitrogen and oxygen atoms in total. The van der Waals surface area contributed by atoms with Crippen molar-refractivity contribution in [2.75, 3.05) is 24.5 Å². The SMILES string of the molecule is CC1(C)CNCCN1c1cc(Br)ccc1[N+](=O)[O-]. The Balaban J connectivity index is 2.48. The number of hydrogen-bond acceptors (Lipinski definition) is 4. The van der Waals surface area contributed by atoms with E-state index in [9.17, 15) is 10.1 Å². The Hall–Kier alpha value is -1.14. The quantitative estimate of drug-likeness (QED) is 0.673. The van der Waals surface area contributed by atoms with E-state index in [2.05, 4.69) is 40.0 Å². The van der Waals surface area contributed by atoms with Crippen LogP contribution in [0.5, 0.6) is 0 Å². The number of nitrogens with zero attached hydrogens (tertiary/aromatic N) is 2. The third-order valence-corrected chi connectivity index (χ3v) is 3.72. The van der Waals surface area contributed by atoms with E-state index in [0.29, 0.717) is 5.69 Å². The first-order valence-electron chi connectivity index (χ1n) is 5.84. The van der Waals surface area contributed by atoms with Gasteiger partial charge in [0.25, 0.3) is 5.69 Å². The zero-order valence-corrected chi connectivity index (χ0v) is 12.0. The number of benzene rings is 1. The number of nitro benzene ring substituents is 1. The van der Waals surface area contributed by atoms with Crippen molar-refractivity contribution >= 4 is 27.3 Å². The minimum absolute atomic E-state index is 0.135. The first-order chi connectivity index (χ1) is 8.42. The molecule has 0 atom stereocenters. The van der Waals surface area contributed by atoms with Crippen LogP contribution in [0, 0.1) is 10.1 Å². The molecule has 0 spiro atoms. The highest BCUT2D eigenvalue weighted by atomic mass is 79.9. The Kier molecular flexibility index (Phi) is 3.59. The van der Waals surface area contributed by atoms with Gasteiger partial charge in [-0.15, -0.1) is 0 Å². The molecule has 0 unspecified atom stereocenters. The van der Waals surface area contributed by atoms with Gasteiger partial charge in [-0.2, -0.15) is 0 Å². The average molecular weight is 314 g/mol.